The van der Waals surface area contributed by atoms with E-state index in [0.717, 1.165) is 0 Å². The van der Waals surface area contributed by atoms with Gasteiger partial charge in [-0.15, -0.1) is 0 Å². The van der Waals surface area contributed by atoms with Crippen LogP contribution >= 0.6 is 11.6 Å². The molecule has 0 radical (unpaired) electrons. The number of nitrogens with zero attached hydrogens (tertiary/aromatic N) is 1. The van der Waals surface area contributed by atoms with Crippen molar-refractivity contribution in [3.05, 3.63) is 32.1 Å². The van der Waals surface area contributed by atoms with Gasteiger partial charge in [0.1, 0.15) is 17.9 Å². The normalized spacial score (nSPS) is 21.7. The monoisotopic (exact) mass is 316 g/mol. The molecule has 8 heteroatoms. The molecule has 0 amide bonds. The lowest BCUT2D eigenvalue weighted by Crippen LogP contribution is -2.32. The Kier molecular flexibility index (Phi) is 4.84. The highest BCUT2D eigenvalue weighted by atomic mass is 35.5. The molecule has 0 aliphatic carbocycles. The highest BCUT2D eigenvalue weighted by molar-refractivity contribution is 6.30. The Morgan fingerprint density at radius 2 is 2.24 bits per heavy atom. The zero-order valence-electron chi connectivity index (χ0n) is 11.8. The van der Waals surface area contributed by atoms with E-state index in [-0.39, 0.29) is 29.6 Å². The van der Waals surface area contributed by atoms with E-state index in [2.05, 4.69) is 4.98 Å². The Hall–Kier alpha value is -1.60. The zero-order chi connectivity index (χ0) is 15.6. The third kappa shape index (κ3) is 3.74. The summed E-state index contributed by atoms with van der Waals surface area (Å²) in [6, 6.07) is 0. The highest BCUT2D eigenvalue weighted by Gasteiger charge is 2.28. The van der Waals surface area contributed by atoms with Gasteiger partial charge in [0.25, 0.3) is 5.56 Å². The molecule has 1 aliphatic rings. The number of H-pyrrole nitrogens is 1. The van der Waals surface area contributed by atoms with Crippen molar-refractivity contribution in [1.29, 1.82) is 0 Å². The average molecular weight is 317 g/mol. The van der Waals surface area contributed by atoms with Crippen LogP contribution in [-0.2, 0) is 14.3 Å². The Labute approximate surface area is 125 Å². The van der Waals surface area contributed by atoms with Gasteiger partial charge in [-0.25, -0.2) is 4.79 Å². The Morgan fingerprint density at radius 3 is 2.90 bits per heavy atom. The maximum Gasteiger partial charge on any atom is 0.330 e. The van der Waals surface area contributed by atoms with Crippen LogP contribution in [0.1, 0.15) is 32.9 Å². The van der Waals surface area contributed by atoms with Crippen LogP contribution in [0.25, 0.3) is 0 Å². The van der Waals surface area contributed by atoms with E-state index < -0.39 is 17.5 Å². The summed E-state index contributed by atoms with van der Waals surface area (Å²) in [7, 11) is 0. The maximum atomic E-state index is 11.7. The number of carbonyl (C=O) groups is 1. The lowest BCUT2D eigenvalue weighted by molar-refractivity contribution is -0.152. The second-order valence-corrected chi connectivity index (χ2v) is 5.63. The van der Waals surface area contributed by atoms with Crippen LogP contribution in [0, 0.1) is 5.92 Å². The molecule has 1 saturated heterocycles. The largest absolute Gasteiger partial charge is 0.463 e. The van der Waals surface area contributed by atoms with Crippen molar-refractivity contribution in [2.45, 2.75) is 39.0 Å². The first-order valence-corrected chi connectivity index (χ1v) is 7.09. The molecule has 1 aromatic rings. The number of aromatic nitrogens is 2. The number of hydrogen-bond donors (Lipinski definition) is 1. The second kappa shape index (κ2) is 6.44. The lowest BCUT2D eigenvalue weighted by atomic mass is 10.2. The minimum absolute atomic E-state index is 0.0760. The molecule has 7 nitrogen and oxygen atoms in total. The van der Waals surface area contributed by atoms with Crippen LogP contribution in [0.15, 0.2) is 15.8 Å². The van der Waals surface area contributed by atoms with Gasteiger partial charge in [-0.05, 0) is 12.8 Å². The molecule has 1 N–H and O–H groups in total. The predicted molar refractivity (Wildman–Crippen MR) is 75.3 cm³/mol. The third-order valence-corrected chi connectivity index (χ3v) is 3.47. The van der Waals surface area contributed by atoms with E-state index in [9.17, 15) is 14.4 Å². The number of carbonyl (C=O) groups excluding carboxylic acids is 1. The van der Waals surface area contributed by atoms with Crippen LogP contribution in [-0.4, -0.2) is 28.2 Å². The van der Waals surface area contributed by atoms with Crippen molar-refractivity contribution < 1.29 is 14.3 Å². The van der Waals surface area contributed by atoms with E-state index in [1.807, 2.05) is 0 Å². The molecule has 0 saturated carbocycles. The molecule has 21 heavy (non-hydrogen) atoms. The van der Waals surface area contributed by atoms with Gasteiger partial charge >= 0.3 is 11.7 Å². The van der Waals surface area contributed by atoms with Gasteiger partial charge in [0.15, 0.2) is 0 Å². The molecule has 1 fully saturated rings. The first kappa shape index (κ1) is 15.8. The molecule has 2 unspecified atom stereocenters. The second-order valence-electron chi connectivity index (χ2n) is 5.22. The zero-order valence-corrected chi connectivity index (χ0v) is 12.6. The van der Waals surface area contributed by atoms with Crippen LogP contribution in [0.2, 0.25) is 5.02 Å². The number of hydrogen-bond acceptors (Lipinski definition) is 5. The minimum atomic E-state index is -0.627. The summed E-state index contributed by atoms with van der Waals surface area (Å²) in [6.45, 7) is 3.66. The quantitative estimate of drug-likeness (QED) is 0.839. The third-order valence-electron chi connectivity index (χ3n) is 3.20. The summed E-state index contributed by atoms with van der Waals surface area (Å²) in [5.74, 6) is -0.478. The predicted octanol–water partition coefficient (Wildman–Crippen LogP) is 1.07. The fourth-order valence-electron chi connectivity index (χ4n) is 2.03. The van der Waals surface area contributed by atoms with Crippen LogP contribution in [0.4, 0.5) is 0 Å². The van der Waals surface area contributed by atoms with E-state index >= 15 is 0 Å². The summed E-state index contributed by atoms with van der Waals surface area (Å²) in [6.07, 6.45) is 1.70. The summed E-state index contributed by atoms with van der Waals surface area (Å²) in [4.78, 5) is 36.5. The molecule has 0 spiro atoms. The number of nitrogens with one attached hydrogen (secondary N) is 1. The topological polar surface area (TPSA) is 90.4 Å². The van der Waals surface area contributed by atoms with E-state index in [4.69, 9.17) is 21.1 Å². The Balaban J connectivity index is 2.00. The van der Waals surface area contributed by atoms with Gasteiger partial charge < -0.3 is 9.47 Å². The van der Waals surface area contributed by atoms with Crippen molar-refractivity contribution in [2.75, 3.05) is 6.61 Å². The Bertz CT molecular complexity index is 636. The molecule has 0 bridgehead atoms. The van der Waals surface area contributed by atoms with E-state index in [1.54, 1.807) is 13.8 Å². The summed E-state index contributed by atoms with van der Waals surface area (Å²) < 4.78 is 12.0. The lowest BCUT2D eigenvalue weighted by Gasteiger charge is -2.16. The molecule has 2 rings (SSSR count). The van der Waals surface area contributed by atoms with Crippen molar-refractivity contribution >= 4 is 17.6 Å². The summed E-state index contributed by atoms with van der Waals surface area (Å²) in [5.41, 5.74) is -1.20. The van der Waals surface area contributed by atoms with Crippen molar-refractivity contribution in [3.8, 4) is 0 Å². The minimum Gasteiger partial charge on any atom is -0.463 e. The van der Waals surface area contributed by atoms with E-state index in [1.165, 1.54) is 10.8 Å². The average Bonchev–Trinajstić information content (AvgIpc) is 2.88. The molecule has 116 valence electrons. The standard InChI is InChI=1S/C13H17ClN2O5/c1-7(2)12(18)20-6-8-3-4-10(21-8)16-5-9(14)11(17)15-13(16)19/h5,7-8,10H,3-4,6H2,1-2H3,(H,15,17,19). The molecular formula is C13H17ClN2O5. The number of aromatic amines is 1. The molecule has 0 aromatic carbocycles. The van der Waals surface area contributed by atoms with Crippen LogP contribution < -0.4 is 11.2 Å². The van der Waals surface area contributed by atoms with Crippen molar-refractivity contribution in [2.24, 2.45) is 5.92 Å². The number of rotatable bonds is 4. The van der Waals surface area contributed by atoms with Gasteiger partial charge in [0.05, 0.1) is 12.0 Å². The fourth-order valence-corrected chi connectivity index (χ4v) is 2.18. The molecular weight excluding hydrogens is 300 g/mol. The van der Waals surface area contributed by atoms with Crippen molar-refractivity contribution in [3.63, 3.8) is 0 Å². The van der Waals surface area contributed by atoms with Gasteiger partial charge in [-0.1, -0.05) is 25.4 Å². The molecule has 2 heterocycles. The van der Waals surface area contributed by atoms with Gasteiger partial charge in [-0.3, -0.25) is 19.1 Å². The molecule has 2 atom stereocenters. The maximum absolute atomic E-state index is 11.7. The highest BCUT2D eigenvalue weighted by Crippen LogP contribution is 2.27. The molecule has 1 aromatic heterocycles. The van der Waals surface area contributed by atoms with Crippen molar-refractivity contribution in [1.82, 2.24) is 9.55 Å². The van der Waals surface area contributed by atoms with Crippen LogP contribution in [0.3, 0.4) is 0 Å². The van der Waals surface area contributed by atoms with Crippen LogP contribution in [0.5, 0.6) is 0 Å². The fraction of sp³-hybridized carbons (Fsp3) is 0.615. The van der Waals surface area contributed by atoms with E-state index in [0.29, 0.717) is 12.8 Å². The van der Waals surface area contributed by atoms with Gasteiger partial charge in [0.2, 0.25) is 0 Å². The van der Waals surface area contributed by atoms with Gasteiger partial charge in [0, 0.05) is 6.20 Å². The first-order valence-electron chi connectivity index (χ1n) is 6.71. The number of ether oxygens (including phenoxy) is 2. The number of halogens is 1. The first-order chi connectivity index (χ1) is 9.88. The Morgan fingerprint density at radius 1 is 1.52 bits per heavy atom. The van der Waals surface area contributed by atoms with Gasteiger partial charge in [-0.2, -0.15) is 0 Å². The SMILES string of the molecule is CC(C)C(=O)OCC1CCC(n2cc(Cl)c(=O)[nH]c2=O)O1. The number of esters is 1. The smallest absolute Gasteiger partial charge is 0.330 e. The summed E-state index contributed by atoms with van der Waals surface area (Å²) in [5, 5.41) is -0.0760. The summed E-state index contributed by atoms with van der Waals surface area (Å²) >= 11 is 5.71. The molecule has 1 aliphatic heterocycles.